The summed E-state index contributed by atoms with van der Waals surface area (Å²) in [5.41, 5.74) is 5.44. The zero-order valence-electron chi connectivity index (χ0n) is 15.0. The predicted molar refractivity (Wildman–Crippen MR) is 102 cm³/mol. The van der Waals surface area contributed by atoms with Gasteiger partial charge in [-0.15, -0.1) is 5.10 Å². The average Bonchev–Trinajstić information content (AvgIpc) is 3.20. The van der Waals surface area contributed by atoms with Crippen LogP contribution in [0.15, 0.2) is 53.6 Å². The van der Waals surface area contributed by atoms with Gasteiger partial charge in [0.25, 0.3) is 0 Å². The molecule has 1 aromatic carbocycles. The maximum atomic E-state index is 5.70. The lowest BCUT2D eigenvalue weighted by Crippen LogP contribution is -1.95. The Morgan fingerprint density at radius 2 is 2.00 bits per heavy atom. The first-order chi connectivity index (χ1) is 12.1. The molecule has 0 fully saturated rings. The van der Waals surface area contributed by atoms with Crippen LogP contribution in [0.4, 0.5) is 0 Å². The Morgan fingerprint density at radius 1 is 1.16 bits per heavy atom. The summed E-state index contributed by atoms with van der Waals surface area (Å²) in [6.07, 6.45) is 6.49. The molecule has 2 aromatic heterocycles. The van der Waals surface area contributed by atoms with Gasteiger partial charge in [0, 0.05) is 6.07 Å². The van der Waals surface area contributed by atoms with Crippen molar-refractivity contribution in [1.82, 2.24) is 20.2 Å². The zero-order chi connectivity index (χ0) is 17.6. The summed E-state index contributed by atoms with van der Waals surface area (Å²) in [4.78, 5) is 7.83. The van der Waals surface area contributed by atoms with E-state index in [1.807, 2.05) is 30.3 Å². The Labute approximate surface area is 147 Å². The van der Waals surface area contributed by atoms with Gasteiger partial charge in [-0.1, -0.05) is 29.4 Å². The number of para-hydroxylation sites is 2. The summed E-state index contributed by atoms with van der Waals surface area (Å²) in [7, 11) is 0. The Balaban J connectivity index is 1.57. The van der Waals surface area contributed by atoms with E-state index in [4.69, 9.17) is 4.74 Å². The molecular weight excluding hydrogens is 312 g/mol. The number of ether oxygens (including phenoxy) is 1. The summed E-state index contributed by atoms with van der Waals surface area (Å²) in [5, 5.41) is 7.17. The summed E-state index contributed by atoms with van der Waals surface area (Å²) >= 11 is 0. The number of fused-ring (bicyclic) bond motifs is 1. The number of imidazole rings is 1. The molecule has 0 aliphatic heterocycles. The van der Waals surface area contributed by atoms with Gasteiger partial charge in [-0.25, -0.2) is 4.98 Å². The maximum Gasteiger partial charge on any atom is 0.233 e. The average molecular weight is 336 g/mol. The summed E-state index contributed by atoms with van der Waals surface area (Å²) in [5.74, 6) is 1.33. The fraction of sp³-hybridized carbons (Fsp3) is 0.300. The number of rotatable bonds is 7. The molecule has 2 N–H and O–H groups in total. The molecule has 0 radical (unpaired) electrons. The molecule has 5 nitrogen and oxygen atoms in total. The van der Waals surface area contributed by atoms with Crippen LogP contribution in [0.25, 0.3) is 22.6 Å². The fourth-order valence-electron chi connectivity index (χ4n) is 2.54. The topological polar surface area (TPSA) is 66.6 Å². The van der Waals surface area contributed by atoms with Gasteiger partial charge >= 0.3 is 0 Å². The van der Waals surface area contributed by atoms with Gasteiger partial charge in [0.1, 0.15) is 12.3 Å². The lowest BCUT2D eigenvalue weighted by Gasteiger charge is -2.01. The van der Waals surface area contributed by atoms with Crippen LogP contribution < -0.4 is 4.74 Å². The number of nitrogens with one attached hydrogen (secondary N) is 2. The molecule has 0 aliphatic rings. The molecule has 0 atom stereocenters. The number of nitrogens with zero attached hydrogens (tertiary/aromatic N) is 2. The van der Waals surface area contributed by atoms with E-state index in [1.54, 1.807) is 0 Å². The molecule has 0 spiro atoms. The van der Waals surface area contributed by atoms with E-state index < -0.39 is 0 Å². The minimum Gasteiger partial charge on any atom is -0.472 e. The third-order valence-corrected chi connectivity index (χ3v) is 3.95. The molecule has 0 saturated heterocycles. The molecule has 3 rings (SSSR count). The van der Waals surface area contributed by atoms with Gasteiger partial charge in [-0.2, -0.15) is 0 Å². The van der Waals surface area contributed by atoms with Crippen LogP contribution in [0.3, 0.4) is 0 Å². The van der Waals surface area contributed by atoms with Crippen molar-refractivity contribution in [3.05, 3.63) is 53.6 Å². The first kappa shape index (κ1) is 17.0. The van der Waals surface area contributed by atoms with Crippen LogP contribution >= 0.6 is 0 Å². The number of aromatic nitrogens is 4. The van der Waals surface area contributed by atoms with E-state index in [-0.39, 0.29) is 0 Å². The quantitative estimate of drug-likeness (QED) is 0.595. The Morgan fingerprint density at radius 3 is 2.80 bits per heavy atom. The predicted octanol–water partition coefficient (Wildman–Crippen LogP) is 5.02. The van der Waals surface area contributed by atoms with Gasteiger partial charge in [0.05, 0.1) is 11.0 Å². The van der Waals surface area contributed by atoms with E-state index >= 15 is 0 Å². The first-order valence-corrected chi connectivity index (χ1v) is 8.54. The Kier molecular flexibility index (Phi) is 5.33. The lowest BCUT2D eigenvalue weighted by atomic mass is 10.1. The molecule has 0 amide bonds. The molecule has 0 saturated carbocycles. The van der Waals surface area contributed by atoms with Crippen molar-refractivity contribution < 1.29 is 4.74 Å². The van der Waals surface area contributed by atoms with E-state index in [2.05, 4.69) is 53.1 Å². The highest BCUT2D eigenvalue weighted by atomic mass is 16.5. The highest BCUT2D eigenvalue weighted by Gasteiger charge is 2.08. The van der Waals surface area contributed by atoms with E-state index in [0.717, 1.165) is 35.4 Å². The van der Waals surface area contributed by atoms with Crippen molar-refractivity contribution in [1.29, 1.82) is 0 Å². The molecule has 0 aliphatic carbocycles. The largest absolute Gasteiger partial charge is 0.472 e. The Hall–Kier alpha value is -2.82. The van der Waals surface area contributed by atoms with Gasteiger partial charge in [-0.3, -0.25) is 5.10 Å². The lowest BCUT2D eigenvalue weighted by molar-refractivity contribution is 0.346. The third-order valence-electron chi connectivity index (χ3n) is 3.95. The third kappa shape index (κ3) is 4.59. The van der Waals surface area contributed by atoms with Crippen LogP contribution in [0.5, 0.6) is 5.88 Å². The number of hydrogen-bond acceptors (Lipinski definition) is 3. The second kappa shape index (κ2) is 7.83. The van der Waals surface area contributed by atoms with Crippen molar-refractivity contribution in [2.24, 2.45) is 0 Å². The van der Waals surface area contributed by atoms with Crippen LogP contribution in [0.1, 0.15) is 33.6 Å². The molecule has 3 aromatic rings. The van der Waals surface area contributed by atoms with Crippen LogP contribution in [-0.4, -0.2) is 26.8 Å². The minimum absolute atomic E-state index is 0.519. The van der Waals surface area contributed by atoms with Gasteiger partial charge < -0.3 is 9.72 Å². The van der Waals surface area contributed by atoms with Crippen molar-refractivity contribution >= 4 is 11.0 Å². The Bertz CT molecular complexity index is 864. The standard InChI is InChI=1S/C20H24N4O/c1-14(2)7-6-8-15(3)11-12-25-19-13-18(23-24-19)20-21-16-9-4-5-10-17(16)22-20/h4-5,7,9-11,13H,6,8,12H2,1-3H3,(H,21,22)(H,23,24)/b15-11+. The number of allylic oxidation sites excluding steroid dienone is 3. The fourth-order valence-corrected chi connectivity index (χ4v) is 2.54. The molecular formula is C20H24N4O. The molecule has 0 bridgehead atoms. The summed E-state index contributed by atoms with van der Waals surface area (Å²) < 4.78 is 5.70. The monoisotopic (exact) mass is 336 g/mol. The van der Waals surface area contributed by atoms with Gasteiger partial charge in [0.2, 0.25) is 5.88 Å². The minimum atomic E-state index is 0.519. The second-order valence-electron chi connectivity index (χ2n) is 6.40. The number of hydrogen-bond donors (Lipinski definition) is 2. The van der Waals surface area contributed by atoms with Gasteiger partial charge in [0.15, 0.2) is 5.82 Å². The van der Waals surface area contributed by atoms with Crippen LogP contribution in [0.2, 0.25) is 0 Å². The number of benzene rings is 1. The zero-order valence-corrected chi connectivity index (χ0v) is 15.0. The molecule has 5 heteroatoms. The highest BCUT2D eigenvalue weighted by Crippen LogP contribution is 2.21. The highest BCUT2D eigenvalue weighted by molar-refractivity contribution is 5.78. The van der Waals surface area contributed by atoms with Gasteiger partial charge in [-0.05, 0) is 51.8 Å². The van der Waals surface area contributed by atoms with Crippen molar-refractivity contribution in [3.8, 4) is 17.4 Å². The van der Waals surface area contributed by atoms with E-state index in [1.165, 1.54) is 11.1 Å². The second-order valence-corrected chi connectivity index (χ2v) is 6.40. The first-order valence-electron chi connectivity index (χ1n) is 8.54. The molecule has 0 unspecified atom stereocenters. The maximum absolute atomic E-state index is 5.70. The normalized spacial score (nSPS) is 11.7. The molecule has 130 valence electrons. The van der Waals surface area contributed by atoms with Crippen molar-refractivity contribution in [2.75, 3.05) is 6.61 Å². The van der Waals surface area contributed by atoms with E-state index in [9.17, 15) is 0 Å². The SMILES string of the molecule is CC(C)=CCC/C(C)=C/COc1cc(-c2nc3ccccc3[nH]2)[nH]n1. The smallest absolute Gasteiger partial charge is 0.233 e. The number of H-pyrrole nitrogens is 2. The van der Waals surface area contributed by atoms with E-state index in [0.29, 0.717) is 12.5 Å². The van der Waals surface area contributed by atoms with Crippen LogP contribution in [0, 0.1) is 0 Å². The summed E-state index contributed by atoms with van der Waals surface area (Å²) in [6, 6.07) is 9.80. The molecule has 25 heavy (non-hydrogen) atoms. The molecule has 2 heterocycles. The van der Waals surface area contributed by atoms with Crippen molar-refractivity contribution in [2.45, 2.75) is 33.6 Å². The van der Waals surface area contributed by atoms with Crippen LogP contribution in [-0.2, 0) is 0 Å². The summed E-state index contributed by atoms with van der Waals surface area (Å²) in [6.45, 7) is 6.90. The van der Waals surface area contributed by atoms with Crippen molar-refractivity contribution in [3.63, 3.8) is 0 Å². The number of aromatic amines is 2.